The van der Waals surface area contributed by atoms with Gasteiger partial charge >= 0.3 is 0 Å². The number of amides is 1. The van der Waals surface area contributed by atoms with E-state index in [4.69, 9.17) is 11.6 Å². The molecule has 0 bridgehead atoms. The number of fused-ring (bicyclic) bond motifs is 1. The summed E-state index contributed by atoms with van der Waals surface area (Å²) < 4.78 is 0. The van der Waals surface area contributed by atoms with Crippen LogP contribution in [0.4, 0.5) is 5.69 Å². The molecule has 0 N–H and O–H groups in total. The number of aryl methyl sites for hydroxylation is 1. The summed E-state index contributed by atoms with van der Waals surface area (Å²) in [5, 5.41) is 0.657. The standard InChI is InChI=1S/C16H15ClN2O/c1-9-7-18-8-15(10(9)2)19-11(3)14-6-12(17)4-5-13(14)16(19)20/h4-8,11H,1-3H3. The van der Waals surface area contributed by atoms with E-state index in [1.54, 1.807) is 23.2 Å². The fourth-order valence-corrected chi connectivity index (χ4v) is 2.88. The molecule has 2 aromatic rings. The van der Waals surface area contributed by atoms with Crippen molar-refractivity contribution in [3.05, 3.63) is 57.9 Å². The normalized spacial score (nSPS) is 17.5. The second kappa shape index (κ2) is 4.60. The van der Waals surface area contributed by atoms with E-state index < -0.39 is 0 Å². The molecule has 0 saturated carbocycles. The largest absolute Gasteiger partial charge is 0.299 e. The molecule has 0 saturated heterocycles. The lowest BCUT2D eigenvalue weighted by Gasteiger charge is -2.24. The maximum atomic E-state index is 12.6. The monoisotopic (exact) mass is 286 g/mol. The first-order valence-electron chi connectivity index (χ1n) is 6.55. The highest BCUT2D eigenvalue weighted by atomic mass is 35.5. The van der Waals surface area contributed by atoms with Gasteiger partial charge in [-0.1, -0.05) is 11.6 Å². The predicted octanol–water partition coefficient (Wildman–Crippen LogP) is 4.07. The van der Waals surface area contributed by atoms with Crippen LogP contribution < -0.4 is 4.90 Å². The van der Waals surface area contributed by atoms with Gasteiger partial charge in [-0.2, -0.15) is 0 Å². The molecular formula is C16H15ClN2O. The number of pyridine rings is 1. The quantitative estimate of drug-likeness (QED) is 0.791. The fraction of sp³-hybridized carbons (Fsp3) is 0.250. The Balaban J connectivity index is 2.14. The molecule has 1 aliphatic heterocycles. The van der Waals surface area contributed by atoms with E-state index >= 15 is 0 Å². The predicted molar refractivity (Wildman–Crippen MR) is 80.4 cm³/mol. The van der Waals surface area contributed by atoms with Crippen LogP contribution in [-0.4, -0.2) is 10.9 Å². The molecule has 0 spiro atoms. The summed E-state index contributed by atoms with van der Waals surface area (Å²) in [6, 6.07) is 5.40. The van der Waals surface area contributed by atoms with Gasteiger partial charge < -0.3 is 0 Å². The highest BCUT2D eigenvalue weighted by Gasteiger charge is 2.35. The van der Waals surface area contributed by atoms with E-state index in [-0.39, 0.29) is 11.9 Å². The van der Waals surface area contributed by atoms with Gasteiger partial charge in [0.1, 0.15) is 0 Å². The van der Waals surface area contributed by atoms with E-state index in [0.29, 0.717) is 5.02 Å². The van der Waals surface area contributed by atoms with Crippen molar-refractivity contribution in [1.82, 2.24) is 4.98 Å². The average Bonchev–Trinajstić information content (AvgIpc) is 2.65. The number of anilines is 1. The molecule has 4 heteroatoms. The van der Waals surface area contributed by atoms with Gasteiger partial charge in [0.25, 0.3) is 5.91 Å². The Morgan fingerprint density at radius 1 is 1.25 bits per heavy atom. The van der Waals surface area contributed by atoms with Crippen LogP contribution in [0.25, 0.3) is 0 Å². The summed E-state index contributed by atoms with van der Waals surface area (Å²) in [4.78, 5) is 18.7. The molecule has 0 radical (unpaired) electrons. The van der Waals surface area contributed by atoms with Crippen molar-refractivity contribution < 1.29 is 4.79 Å². The molecule has 1 unspecified atom stereocenters. The van der Waals surface area contributed by atoms with Gasteiger partial charge in [-0.3, -0.25) is 14.7 Å². The van der Waals surface area contributed by atoms with Crippen molar-refractivity contribution in [3.8, 4) is 0 Å². The van der Waals surface area contributed by atoms with Gasteiger partial charge in [-0.15, -0.1) is 0 Å². The van der Waals surface area contributed by atoms with Crippen molar-refractivity contribution in [1.29, 1.82) is 0 Å². The van der Waals surface area contributed by atoms with Gasteiger partial charge in [0.15, 0.2) is 0 Å². The number of hydrogen-bond acceptors (Lipinski definition) is 2. The number of carbonyl (C=O) groups is 1. The third-order valence-corrected chi connectivity index (χ3v) is 4.24. The van der Waals surface area contributed by atoms with Crippen molar-refractivity contribution in [2.45, 2.75) is 26.8 Å². The zero-order chi connectivity index (χ0) is 14.4. The summed E-state index contributed by atoms with van der Waals surface area (Å²) in [7, 11) is 0. The topological polar surface area (TPSA) is 33.2 Å². The molecule has 3 nitrogen and oxygen atoms in total. The molecule has 1 amide bonds. The van der Waals surface area contributed by atoms with E-state index in [9.17, 15) is 4.79 Å². The molecular weight excluding hydrogens is 272 g/mol. The zero-order valence-corrected chi connectivity index (χ0v) is 12.4. The number of nitrogens with zero attached hydrogens (tertiary/aromatic N) is 2. The Hall–Kier alpha value is -1.87. The SMILES string of the molecule is Cc1cncc(N2C(=O)c3ccc(Cl)cc3C2C)c1C. The highest BCUT2D eigenvalue weighted by Crippen LogP contribution is 2.39. The molecule has 1 atom stereocenters. The van der Waals surface area contributed by atoms with Crippen molar-refractivity contribution in [2.75, 3.05) is 4.90 Å². The minimum absolute atomic E-state index is 0.0136. The van der Waals surface area contributed by atoms with Crippen molar-refractivity contribution >= 4 is 23.2 Å². The molecule has 20 heavy (non-hydrogen) atoms. The van der Waals surface area contributed by atoms with E-state index in [1.165, 1.54) is 0 Å². The Bertz CT molecular complexity index is 712. The van der Waals surface area contributed by atoms with Crippen LogP contribution in [0, 0.1) is 13.8 Å². The first-order chi connectivity index (χ1) is 9.50. The summed E-state index contributed by atoms with van der Waals surface area (Å²) in [5.41, 5.74) is 4.73. The van der Waals surface area contributed by atoms with Crippen LogP contribution in [0.1, 0.15) is 40.0 Å². The van der Waals surface area contributed by atoms with Crippen LogP contribution in [0.15, 0.2) is 30.6 Å². The molecule has 1 aliphatic rings. The van der Waals surface area contributed by atoms with Gasteiger partial charge in [-0.25, -0.2) is 0 Å². The average molecular weight is 287 g/mol. The highest BCUT2D eigenvalue weighted by molar-refractivity contribution is 6.31. The Kier molecular flexibility index (Phi) is 3.02. The number of benzene rings is 1. The Morgan fingerprint density at radius 2 is 2.00 bits per heavy atom. The number of rotatable bonds is 1. The van der Waals surface area contributed by atoms with Gasteiger partial charge in [-0.05, 0) is 55.7 Å². The van der Waals surface area contributed by atoms with Crippen LogP contribution in [0.3, 0.4) is 0 Å². The molecule has 2 heterocycles. The lowest BCUT2D eigenvalue weighted by Crippen LogP contribution is -2.27. The minimum Gasteiger partial charge on any atom is -0.299 e. The lowest BCUT2D eigenvalue weighted by molar-refractivity contribution is 0.0992. The number of aromatic nitrogens is 1. The second-order valence-electron chi connectivity index (χ2n) is 5.18. The minimum atomic E-state index is -0.0292. The molecule has 0 aliphatic carbocycles. The fourth-order valence-electron chi connectivity index (χ4n) is 2.69. The lowest BCUT2D eigenvalue weighted by atomic mass is 10.1. The number of hydrogen-bond donors (Lipinski definition) is 0. The molecule has 3 rings (SSSR count). The van der Waals surface area contributed by atoms with Crippen LogP contribution >= 0.6 is 11.6 Å². The van der Waals surface area contributed by atoms with Crippen LogP contribution in [-0.2, 0) is 0 Å². The summed E-state index contributed by atoms with van der Waals surface area (Å²) in [6.07, 6.45) is 3.57. The molecule has 0 fully saturated rings. The Labute approximate surface area is 123 Å². The summed E-state index contributed by atoms with van der Waals surface area (Å²) >= 11 is 6.04. The maximum absolute atomic E-state index is 12.6. The smallest absolute Gasteiger partial charge is 0.259 e. The van der Waals surface area contributed by atoms with E-state index in [1.807, 2.05) is 33.0 Å². The van der Waals surface area contributed by atoms with Gasteiger partial charge in [0.2, 0.25) is 0 Å². The first kappa shape index (κ1) is 13.1. The number of carbonyl (C=O) groups excluding carboxylic acids is 1. The molecule has 1 aromatic heterocycles. The van der Waals surface area contributed by atoms with Gasteiger partial charge in [0.05, 0.1) is 17.9 Å². The molecule has 102 valence electrons. The second-order valence-corrected chi connectivity index (χ2v) is 5.62. The van der Waals surface area contributed by atoms with Crippen molar-refractivity contribution in [3.63, 3.8) is 0 Å². The molecule has 1 aromatic carbocycles. The van der Waals surface area contributed by atoms with Crippen molar-refractivity contribution in [2.24, 2.45) is 0 Å². The third-order valence-electron chi connectivity index (χ3n) is 4.00. The number of halogens is 1. The maximum Gasteiger partial charge on any atom is 0.259 e. The first-order valence-corrected chi connectivity index (χ1v) is 6.92. The summed E-state index contributed by atoms with van der Waals surface area (Å²) in [5.74, 6) is 0.0136. The van der Waals surface area contributed by atoms with Crippen LogP contribution in [0.2, 0.25) is 5.02 Å². The zero-order valence-electron chi connectivity index (χ0n) is 11.6. The van der Waals surface area contributed by atoms with Crippen LogP contribution in [0.5, 0.6) is 0 Å². The van der Waals surface area contributed by atoms with E-state index in [0.717, 1.165) is 27.9 Å². The Morgan fingerprint density at radius 3 is 2.75 bits per heavy atom. The third kappa shape index (κ3) is 1.81. The van der Waals surface area contributed by atoms with E-state index in [2.05, 4.69) is 4.98 Å². The van der Waals surface area contributed by atoms with Gasteiger partial charge in [0, 0.05) is 16.8 Å². The summed E-state index contributed by atoms with van der Waals surface area (Å²) in [6.45, 7) is 6.03.